The summed E-state index contributed by atoms with van der Waals surface area (Å²) < 4.78 is 5.39. The van der Waals surface area contributed by atoms with Crippen molar-refractivity contribution in [3.05, 3.63) is 29.8 Å². The second-order valence-electron chi connectivity index (χ2n) is 8.26. The number of para-hydroxylation sites is 1. The van der Waals surface area contributed by atoms with Crippen molar-refractivity contribution in [1.82, 2.24) is 10.6 Å². The fourth-order valence-corrected chi connectivity index (χ4v) is 4.27. The molecule has 3 amide bonds. The van der Waals surface area contributed by atoms with Crippen molar-refractivity contribution in [3.8, 4) is 0 Å². The molecule has 1 aromatic carbocycles. The number of ether oxygens (including phenoxy) is 1. The molecule has 7 nitrogen and oxygen atoms in total. The highest BCUT2D eigenvalue weighted by atomic mass is 16.5. The van der Waals surface area contributed by atoms with Gasteiger partial charge in [-0.3, -0.25) is 4.79 Å². The lowest BCUT2D eigenvalue weighted by Crippen LogP contribution is -3.14. The van der Waals surface area contributed by atoms with Crippen LogP contribution in [0.5, 0.6) is 0 Å². The second-order valence-corrected chi connectivity index (χ2v) is 8.26. The SMILES string of the molecule is Cc1ccccc1NC(=O)NC1(C(=O)NCCC[NH+]2CCOCC2)CCCCC1. The summed E-state index contributed by atoms with van der Waals surface area (Å²) in [5, 5.41) is 9.00. The van der Waals surface area contributed by atoms with Crippen LogP contribution in [-0.4, -0.2) is 56.9 Å². The average molecular weight is 404 g/mol. The van der Waals surface area contributed by atoms with Crippen LogP contribution in [0.1, 0.15) is 44.1 Å². The maximum Gasteiger partial charge on any atom is 0.320 e. The van der Waals surface area contributed by atoms with Gasteiger partial charge in [-0.2, -0.15) is 0 Å². The summed E-state index contributed by atoms with van der Waals surface area (Å²) in [5.41, 5.74) is 0.955. The van der Waals surface area contributed by atoms with Crippen LogP contribution in [0.15, 0.2) is 24.3 Å². The van der Waals surface area contributed by atoms with Crippen molar-refractivity contribution >= 4 is 17.6 Å². The number of amides is 3. The van der Waals surface area contributed by atoms with Gasteiger partial charge in [-0.15, -0.1) is 0 Å². The molecule has 1 saturated heterocycles. The normalized spacial score (nSPS) is 19.3. The first-order chi connectivity index (χ1) is 14.1. The highest BCUT2D eigenvalue weighted by Gasteiger charge is 2.40. The molecule has 0 spiro atoms. The van der Waals surface area contributed by atoms with E-state index in [1.807, 2.05) is 31.2 Å². The van der Waals surface area contributed by atoms with Crippen LogP contribution in [0.2, 0.25) is 0 Å². The Bertz CT molecular complexity index is 682. The first-order valence-corrected chi connectivity index (χ1v) is 10.9. The Morgan fingerprint density at radius 3 is 2.55 bits per heavy atom. The molecule has 2 aliphatic rings. The number of hydrogen-bond donors (Lipinski definition) is 4. The van der Waals surface area contributed by atoms with Crippen LogP contribution in [0.4, 0.5) is 10.5 Å². The molecular weight excluding hydrogens is 368 g/mol. The van der Waals surface area contributed by atoms with Crippen molar-refractivity contribution in [2.24, 2.45) is 0 Å². The average Bonchev–Trinajstić information content (AvgIpc) is 2.74. The summed E-state index contributed by atoms with van der Waals surface area (Å²) >= 11 is 0. The Labute approximate surface area is 173 Å². The van der Waals surface area contributed by atoms with E-state index in [1.54, 1.807) is 0 Å². The molecule has 160 valence electrons. The molecular formula is C22H35N4O3+. The molecule has 0 bridgehead atoms. The minimum absolute atomic E-state index is 0.0471. The number of benzene rings is 1. The first-order valence-electron chi connectivity index (χ1n) is 10.9. The fourth-order valence-electron chi connectivity index (χ4n) is 4.27. The Hall–Kier alpha value is -2.12. The monoisotopic (exact) mass is 403 g/mol. The topological polar surface area (TPSA) is 83.9 Å². The molecule has 0 aromatic heterocycles. The molecule has 4 N–H and O–H groups in total. The minimum atomic E-state index is -0.809. The molecule has 1 heterocycles. The van der Waals surface area contributed by atoms with E-state index in [0.717, 1.165) is 69.8 Å². The van der Waals surface area contributed by atoms with Gasteiger partial charge in [-0.05, 0) is 31.4 Å². The zero-order chi connectivity index (χ0) is 20.5. The van der Waals surface area contributed by atoms with E-state index in [0.29, 0.717) is 19.4 Å². The summed E-state index contributed by atoms with van der Waals surface area (Å²) in [6.45, 7) is 7.37. The van der Waals surface area contributed by atoms with E-state index < -0.39 is 5.54 Å². The van der Waals surface area contributed by atoms with Crippen molar-refractivity contribution < 1.29 is 19.2 Å². The largest absolute Gasteiger partial charge is 0.370 e. The number of hydrogen-bond acceptors (Lipinski definition) is 3. The van der Waals surface area contributed by atoms with E-state index >= 15 is 0 Å². The lowest BCUT2D eigenvalue weighted by molar-refractivity contribution is -0.908. The zero-order valence-electron chi connectivity index (χ0n) is 17.5. The molecule has 3 rings (SSSR count). The number of carbonyl (C=O) groups is 2. The predicted octanol–water partition coefficient (Wildman–Crippen LogP) is 1.24. The number of nitrogens with one attached hydrogen (secondary N) is 4. The van der Waals surface area contributed by atoms with Crippen LogP contribution in [-0.2, 0) is 9.53 Å². The Kier molecular flexibility index (Phi) is 7.89. The minimum Gasteiger partial charge on any atom is -0.370 e. The summed E-state index contributed by atoms with van der Waals surface area (Å²) in [7, 11) is 0. The first kappa shape index (κ1) is 21.6. The van der Waals surface area contributed by atoms with E-state index in [2.05, 4.69) is 16.0 Å². The lowest BCUT2D eigenvalue weighted by atomic mass is 9.81. The number of urea groups is 1. The van der Waals surface area contributed by atoms with Gasteiger partial charge in [0, 0.05) is 18.7 Å². The molecule has 1 aliphatic carbocycles. The molecule has 29 heavy (non-hydrogen) atoms. The predicted molar refractivity (Wildman–Crippen MR) is 113 cm³/mol. The zero-order valence-corrected chi connectivity index (χ0v) is 17.5. The molecule has 1 aromatic rings. The van der Waals surface area contributed by atoms with Gasteiger partial charge in [-0.1, -0.05) is 37.5 Å². The molecule has 2 fully saturated rings. The van der Waals surface area contributed by atoms with Gasteiger partial charge in [0.25, 0.3) is 0 Å². The molecule has 0 unspecified atom stereocenters. The number of anilines is 1. The number of rotatable bonds is 7. The standard InChI is InChI=1S/C22H34N4O3/c1-18-8-3-4-9-19(18)24-21(28)25-22(10-5-2-6-11-22)20(27)23-12-7-13-26-14-16-29-17-15-26/h3-4,8-9H,2,5-7,10-17H2,1H3,(H,23,27)(H2,24,25,28)/p+1. The highest BCUT2D eigenvalue weighted by Crippen LogP contribution is 2.29. The van der Waals surface area contributed by atoms with Crippen LogP contribution >= 0.6 is 0 Å². The van der Waals surface area contributed by atoms with Gasteiger partial charge in [-0.25, -0.2) is 4.79 Å². The Balaban J connectivity index is 1.52. The van der Waals surface area contributed by atoms with Gasteiger partial charge in [0.15, 0.2) is 0 Å². The van der Waals surface area contributed by atoms with Crippen LogP contribution in [0.25, 0.3) is 0 Å². The summed E-state index contributed by atoms with van der Waals surface area (Å²) in [4.78, 5) is 27.2. The summed E-state index contributed by atoms with van der Waals surface area (Å²) in [6, 6.07) is 7.34. The van der Waals surface area contributed by atoms with Crippen molar-refractivity contribution in [2.75, 3.05) is 44.7 Å². The van der Waals surface area contributed by atoms with E-state index in [4.69, 9.17) is 4.74 Å². The maximum atomic E-state index is 13.0. The summed E-state index contributed by atoms with van der Waals surface area (Å²) in [5.74, 6) is -0.0471. The van der Waals surface area contributed by atoms with E-state index in [-0.39, 0.29) is 11.9 Å². The van der Waals surface area contributed by atoms with Crippen LogP contribution < -0.4 is 20.9 Å². The van der Waals surface area contributed by atoms with Gasteiger partial charge >= 0.3 is 6.03 Å². The molecule has 1 saturated carbocycles. The lowest BCUT2D eigenvalue weighted by Gasteiger charge is -2.36. The van der Waals surface area contributed by atoms with E-state index in [9.17, 15) is 9.59 Å². The highest BCUT2D eigenvalue weighted by molar-refractivity contribution is 5.96. The molecule has 0 atom stereocenters. The third kappa shape index (κ3) is 6.18. The van der Waals surface area contributed by atoms with Gasteiger partial charge < -0.3 is 25.6 Å². The Morgan fingerprint density at radius 1 is 1.10 bits per heavy atom. The Morgan fingerprint density at radius 2 is 1.83 bits per heavy atom. The number of quaternary nitrogens is 1. The fraction of sp³-hybridized carbons (Fsp3) is 0.636. The third-order valence-electron chi connectivity index (χ3n) is 6.08. The molecule has 0 radical (unpaired) electrons. The maximum absolute atomic E-state index is 13.0. The number of morpholine rings is 1. The quantitative estimate of drug-likeness (QED) is 0.517. The van der Waals surface area contributed by atoms with Crippen LogP contribution in [0, 0.1) is 6.92 Å². The molecule has 7 heteroatoms. The van der Waals surface area contributed by atoms with Gasteiger partial charge in [0.1, 0.15) is 18.6 Å². The van der Waals surface area contributed by atoms with Crippen LogP contribution in [0.3, 0.4) is 0 Å². The van der Waals surface area contributed by atoms with Gasteiger partial charge in [0.05, 0.1) is 19.8 Å². The number of carbonyl (C=O) groups excluding carboxylic acids is 2. The molecule has 1 aliphatic heterocycles. The van der Waals surface area contributed by atoms with Gasteiger partial charge in [0.2, 0.25) is 5.91 Å². The van der Waals surface area contributed by atoms with Crippen molar-refractivity contribution in [2.45, 2.75) is 51.0 Å². The second kappa shape index (κ2) is 10.6. The summed E-state index contributed by atoms with van der Waals surface area (Å²) in [6.07, 6.45) is 5.33. The third-order valence-corrected chi connectivity index (χ3v) is 6.08. The number of aryl methyl sites for hydroxylation is 1. The van der Waals surface area contributed by atoms with E-state index in [1.165, 1.54) is 4.90 Å². The smallest absolute Gasteiger partial charge is 0.320 e. The van der Waals surface area contributed by atoms with Crippen molar-refractivity contribution in [3.63, 3.8) is 0 Å². The van der Waals surface area contributed by atoms with Crippen molar-refractivity contribution in [1.29, 1.82) is 0 Å².